The van der Waals surface area contributed by atoms with Crippen molar-refractivity contribution in [1.82, 2.24) is 10.2 Å². The topological polar surface area (TPSA) is 58.6 Å². The zero-order valence-corrected chi connectivity index (χ0v) is 18.4. The monoisotopic (exact) mass is 408 g/mol. The van der Waals surface area contributed by atoms with Crippen molar-refractivity contribution < 1.29 is 13.2 Å². The van der Waals surface area contributed by atoms with Gasteiger partial charge in [-0.1, -0.05) is 13.0 Å². The third-order valence-electron chi connectivity index (χ3n) is 6.19. The summed E-state index contributed by atoms with van der Waals surface area (Å²) >= 11 is 0. The zero-order valence-electron chi connectivity index (χ0n) is 17.6. The molecule has 1 aromatic carbocycles. The Bertz CT molecular complexity index is 744. The smallest absolute Gasteiger partial charge is 0.163 e. The molecule has 2 unspecified atom stereocenters. The van der Waals surface area contributed by atoms with E-state index in [1.165, 1.54) is 17.4 Å². The number of hydrogen-bond donors (Lipinski definition) is 1. The van der Waals surface area contributed by atoms with Crippen LogP contribution in [0.1, 0.15) is 50.7 Å². The van der Waals surface area contributed by atoms with Crippen molar-refractivity contribution in [2.24, 2.45) is 5.92 Å². The Labute approximate surface area is 170 Å². The van der Waals surface area contributed by atoms with E-state index in [1.807, 2.05) is 6.92 Å². The normalized spacial score (nSPS) is 22.1. The lowest BCUT2D eigenvalue weighted by atomic mass is 9.86. The van der Waals surface area contributed by atoms with Gasteiger partial charge >= 0.3 is 0 Å². The van der Waals surface area contributed by atoms with Gasteiger partial charge in [0.1, 0.15) is 11.1 Å². The van der Waals surface area contributed by atoms with Gasteiger partial charge in [0.15, 0.2) is 9.84 Å². The molecule has 0 bridgehead atoms. The summed E-state index contributed by atoms with van der Waals surface area (Å²) in [5.41, 5.74) is 2.70. The average molecular weight is 409 g/mol. The first-order chi connectivity index (χ1) is 13.4. The summed E-state index contributed by atoms with van der Waals surface area (Å²) in [6.45, 7) is 7.49. The minimum atomic E-state index is -3.16. The molecule has 3 rings (SSSR count). The first-order valence-electron chi connectivity index (χ1n) is 10.8. The molecule has 5 nitrogen and oxygen atoms in total. The van der Waals surface area contributed by atoms with Gasteiger partial charge in [-0.05, 0) is 94.3 Å². The second-order valence-corrected chi connectivity index (χ2v) is 10.4. The minimum Gasteiger partial charge on any atom is -0.494 e. The van der Waals surface area contributed by atoms with Gasteiger partial charge in [0.25, 0.3) is 0 Å². The van der Waals surface area contributed by atoms with Crippen molar-refractivity contribution >= 4 is 9.84 Å². The van der Waals surface area contributed by atoms with Crippen LogP contribution in [0.3, 0.4) is 0 Å². The van der Waals surface area contributed by atoms with Gasteiger partial charge in [-0.3, -0.25) is 4.90 Å². The highest BCUT2D eigenvalue weighted by atomic mass is 32.2. The van der Waals surface area contributed by atoms with Crippen LogP contribution < -0.4 is 10.1 Å². The molecule has 2 aliphatic rings. The molecule has 1 heterocycles. The highest BCUT2D eigenvalue weighted by Gasteiger charge is 2.39. The number of piperidine rings is 1. The number of fused-ring (bicyclic) bond motifs is 1. The highest BCUT2D eigenvalue weighted by Crippen LogP contribution is 2.33. The van der Waals surface area contributed by atoms with Gasteiger partial charge in [0.05, 0.1) is 6.61 Å². The summed E-state index contributed by atoms with van der Waals surface area (Å²) in [5, 5.41) is 3.01. The Balaban J connectivity index is 1.87. The van der Waals surface area contributed by atoms with Gasteiger partial charge in [-0.15, -0.1) is 0 Å². The van der Waals surface area contributed by atoms with Gasteiger partial charge in [0.2, 0.25) is 0 Å². The number of sulfone groups is 1. The predicted octanol–water partition coefficient (Wildman–Crippen LogP) is 3.02. The molecule has 1 aliphatic heterocycles. The van der Waals surface area contributed by atoms with Gasteiger partial charge in [-0.2, -0.15) is 0 Å². The number of nitrogens with one attached hydrogen (secondary N) is 1. The summed E-state index contributed by atoms with van der Waals surface area (Å²) in [4.78, 5) is 2.33. The molecule has 158 valence electrons. The Hall–Kier alpha value is -1.11. The summed E-state index contributed by atoms with van der Waals surface area (Å²) in [6, 6.07) is 6.68. The fraction of sp³-hybridized carbons (Fsp3) is 0.727. The molecule has 1 aromatic rings. The number of ether oxygens (including phenoxy) is 1. The Morgan fingerprint density at radius 3 is 2.57 bits per heavy atom. The second kappa shape index (κ2) is 9.59. The number of hydrogen-bond acceptors (Lipinski definition) is 5. The lowest BCUT2D eigenvalue weighted by molar-refractivity contribution is 0.114. The van der Waals surface area contributed by atoms with E-state index in [9.17, 15) is 8.42 Å². The highest BCUT2D eigenvalue weighted by molar-refractivity contribution is 7.91. The van der Waals surface area contributed by atoms with Crippen LogP contribution in [0.15, 0.2) is 18.2 Å². The zero-order chi connectivity index (χ0) is 20.1. The summed E-state index contributed by atoms with van der Waals surface area (Å²) in [7, 11) is -3.16. The van der Waals surface area contributed by atoms with E-state index < -0.39 is 9.84 Å². The number of aryl methyl sites for hydroxylation is 1. The molecular formula is C22H36N2O3S. The molecular weight excluding hydrogens is 372 g/mol. The van der Waals surface area contributed by atoms with Gasteiger partial charge < -0.3 is 10.1 Å². The third-order valence-corrected chi connectivity index (χ3v) is 7.73. The summed E-state index contributed by atoms with van der Waals surface area (Å²) in [6.07, 6.45) is 7.23. The van der Waals surface area contributed by atoms with Crippen molar-refractivity contribution in [3.8, 4) is 5.75 Å². The number of rotatable bonds is 8. The molecule has 0 aromatic heterocycles. The summed E-state index contributed by atoms with van der Waals surface area (Å²) in [5.74, 6) is 1.14. The van der Waals surface area contributed by atoms with Crippen LogP contribution in [0.5, 0.6) is 5.75 Å². The van der Waals surface area contributed by atoms with Crippen molar-refractivity contribution in [3.05, 3.63) is 29.3 Å². The van der Waals surface area contributed by atoms with Crippen LogP contribution >= 0.6 is 0 Å². The SMILES string of the molecule is CCCN(C1CCc2ccc(OCC)cc2C1)C(C1CCNCC1)S(C)(=O)=O. The standard InChI is InChI=1S/C22H36N2O3S/c1-4-14-24(22(28(3,25)26)18-10-12-23-13-11-18)20-8-6-17-7-9-21(27-5-2)16-19(17)15-20/h7,9,16,18,20,22-23H,4-6,8,10-15H2,1-3H3. The van der Waals surface area contributed by atoms with Crippen LogP contribution in [0.2, 0.25) is 0 Å². The molecule has 2 atom stereocenters. The molecule has 1 fully saturated rings. The van der Waals surface area contributed by atoms with E-state index in [-0.39, 0.29) is 17.3 Å². The first-order valence-corrected chi connectivity index (χ1v) is 12.8. The van der Waals surface area contributed by atoms with Crippen molar-refractivity contribution in [2.45, 2.75) is 63.8 Å². The van der Waals surface area contributed by atoms with Crippen molar-refractivity contribution in [1.29, 1.82) is 0 Å². The minimum absolute atomic E-state index is 0.221. The van der Waals surface area contributed by atoms with Crippen LogP contribution in [0.4, 0.5) is 0 Å². The van der Waals surface area contributed by atoms with Gasteiger partial charge in [0, 0.05) is 12.3 Å². The number of benzene rings is 1. The molecule has 28 heavy (non-hydrogen) atoms. The molecule has 6 heteroatoms. The molecule has 1 N–H and O–H groups in total. The molecule has 0 radical (unpaired) electrons. The molecule has 0 spiro atoms. The van der Waals surface area contributed by atoms with Crippen LogP contribution in [0.25, 0.3) is 0 Å². The first kappa shape index (κ1) is 21.6. The molecule has 0 saturated carbocycles. The van der Waals surface area contributed by atoms with Crippen LogP contribution in [0, 0.1) is 5.92 Å². The van der Waals surface area contributed by atoms with E-state index in [0.29, 0.717) is 6.61 Å². The molecule has 1 saturated heterocycles. The Morgan fingerprint density at radius 2 is 1.93 bits per heavy atom. The molecule has 1 aliphatic carbocycles. The van der Waals surface area contributed by atoms with Crippen LogP contribution in [-0.2, 0) is 22.7 Å². The Morgan fingerprint density at radius 1 is 1.18 bits per heavy atom. The fourth-order valence-corrected chi connectivity index (χ4v) is 6.77. The second-order valence-electron chi connectivity index (χ2n) is 8.31. The molecule has 0 amide bonds. The predicted molar refractivity (Wildman–Crippen MR) is 115 cm³/mol. The lowest BCUT2D eigenvalue weighted by Crippen LogP contribution is -2.54. The van der Waals surface area contributed by atoms with E-state index in [1.54, 1.807) is 0 Å². The summed E-state index contributed by atoms with van der Waals surface area (Å²) < 4.78 is 31.5. The quantitative estimate of drug-likeness (QED) is 0.716. The lowest BCUT2D eigenvalue weighted by Gasteiger charge is -2.43. The van der Waals surface area contributed by atoms with Crippen molar-refractivity contribution in [2.75, 3.05) is 32.5 Å². The number of nitrogens with zero attached hydrogens (tertiary/aromatic N) is 1. The van der Waals surface area contributed by atoms with E-state index >= 15 is 0 Å². The van der Waals surface area contributed by atoms with Crippen LogP contribution in [-0.4, -0.2) is 57.2 Å². The van der Waals surface area contributed by atoms with E-state index in [0.717, 1.165) is 63.9 Å². The maximum atomic E-state index is 12.9. The largest absolute Gasteiger partial charge is 0.494 e. The average Bonchev–Trinajstić information content (AvgIpc) is 2.67. The Kier molecular flexibility index (Phi) is 7.40. The third kappa shape index (κ3) is 5.08. The van der Waals surface area contributed by atoms with Crippen molar-refractivity contribution in [3.63, 3.8) is 0 Å². The maximum absolute atomic E-state index is 12.9. The van der Waals surface area contributed by atoms with E-state index in [4.69, 9.17) is 4.74 Å². The fourth-order valence-electron chi connectivity index (χ4n) is 5.03. The van der Waals surface area contributed by atoms with E-state index in [2.05, 4.69) is 35.3 Å². The van der Waals surface area contributed by atoms with Gasteiger partial charge in [-0.25, -0.2) is 8.42 Å². The maximum Gasteiger partial charge on any atom is 0.163 e.